The van der Waals surface area contributed by atoms with E-state index >= 15 is 0 Å². The van der Waals surface area contributed by atoms with E-state index in [1.54, 1.807) is 0 Å². The van der Waals surface area contributed by atoms with Crippen LogP contribution in [-0.2, 0) is 0 Å². The second kappa shape index (κ2) is 3.84. The SMILES string of the molecule is CC(C)C1CCC(O)(C2CCC2)CC1. The highest BCUT2D eigenvalue weighted by Crippen LogP contribution is 2.46. The van der Waals surface area contributed by atoms with Gasteiger partial charge in [-0.15, -0.1) is 0 Å². The molecule has 0 atom stereocenters. The first-order chi connectivity index (χ1) is 6.62. The van der Waals surface area contributed by atoms with Gasteiger partial charge >= 0.3 is 0 Å². The monoisotopic (exact) mass is 196 g/mol. The fourth-order valence-corrected chi connectivity index (χ4v) is 3.16. The zero-order valence-electron chi connectivity index (χ0n) is 9.63. The summed E-state index contributed by atoms with van der Waals surface area (Å²) >= 11 is 0. The van der Waals surface area contributed by atoms with Crippen LogP contribution in [0.2, 0.25) is 0 Å². The van der Waals surface area contributed by atoms with Crippen LogP contribution in [0.3, 0.4) is 0 Å². The van der Waals surface area contributed by atoms with Crippen molar-refractivity contribution < 1.29 is 5.11 Å². The Balaban J connectivity index is 1.87. The highest BCUT2D eigenvalue weighted by molar-refractivity contribution is 4.94. The third-order valence-electron chi connectivity index (χ3n) is 4.70. The molecule has 2 aliphatic carbocycles. The topological polar surface area (TPSA) is 20.2 Å². The minimum absolute atomic E-state index is 0.260. The fourth-order valence-electron chi connectivity index (χ4n) is 3.16. The molecule has 0 amide bonds. The highest BCUT2D eigenvalue weighted by atomic mass is 16.3. The van der Waals surface area contributed by atoms with Gasteiger partial charge in [-0.25, -0.2) is 0 Å². The Bertz CT molecular complexity index is 185. The average molecular weight is 196 g/mol. The summed E-state index contributed by atoms with van der Waals surface area (Å²) in [6.45, 7) is 4.64. The maximum absolute atomic E-state index is 10.5. The molecular formula is C13H24O. The molecule has 0 radical (unpaired) electrons. The Morgan fingerprint density at radius 2 is 1.64 bits per heavy atom. The Hall–Kier alpha value is -0.0400. The number of rotatable bonds is 2. The minimum atomic E-state index is -0.260. The molecule has 82 valence electrons. The molecule has 0 spiro atoms. The molecule has 0 bridgehead atoms. The smallest absolute Gasteiger partial charge is 0.0676 e. The van der Waals surface area contributed by atoms with Crippen molar-refractivity contribution in [1.29, 1.82) is 0 Å². The molecule has 0 aromatic carbocycles. The van der Waals surface area contributed by atoms with Crippen LogP contribution in [0.4, 0.5) is 0 Å². The summed E-state index contributed by atoms with van der Waals surface area (Å²) in [6.07, 6.45) is 8.56. The zero-order valence-corrected chi connectivity index (χ0v) is 9.63. The lowest BCUT2D eigenvalue weighted by Gasteiger charge is -2.46. The van der Waals surface area contributed by atoms with Gasteiger partial charge in [0.05, 0.1) is 5.60 Å². The number of aliphatic hydroxyl groups is 1. The number of hydrogen-bond donors (Lipinski definition) is 1. The minimum Gasteiger partial charge on any atom is -0.390 e. The Labute approximate surface area is 87.9 Å². The van der Waals surface area contributed by atoms with Gasteiger partial charge in [-0.2, -0.15) is 0 Å². The van der Waals surface area contributed by atoms with Crippen LogP contribution < -0.4 is 0 Å². The van der Waals surface area contributed by atoms with Crippen LogP contribution in [0.1, 0.15) is 58.8 Å². The molecule has 2 fully saturated rings. The zero-order chi connectivity index (χ0) is 10.2. The van der Waals surface area contributed by atoms with Gasteiger partial charge in [0.1, 0.15) is 0 Å². The van der Waals surface area contributed by atoms with Gasteiger partial charge in [0, 0.05) is 0 Å². The predicted molar refractivity (Wildman–Crippen MR) is 59.1 cm³/mol. The van der Waals surface area contributed by atoms with Crippen LogP contribution in [0, 0.1) is 17.8 Å². The summed E-state index contributed by atoms with van der Waals surface area (Å²) in [5, 5.41) is 10.5. The van der Waals surface area contributed by atoms with Crippen LogP contribution in [-0.4, -0.2) is 10.7 Å². The molecule has 2 aliphatic rings. The summed E-state index contributed by atoms with van der Waals surface area (Å²) in [5.74, 6) is 2.33. The molecule has 0 heterocycles. The van der Waals surface area contributed by atoms with Gasteiger partial charge in [0.25, 0.3) is 0 Å². The van der Waals surface area contributed by atoms with Gasteiger partial charge in [-0.3, -0.25) is 0 Å². The summed E-state index contributed by atoms with van der Waals surface area (Å²) in [6, 6.07) is 0. The Kier molecular flexibility index (Phi) is 2.88. The van der Waals surface area contributed by atoms with Gasteiger partial charge in [0.2, 0.25) is 0 Å². The second-order valence-corrected chi connectivity index (χ2v) is 5.81. The molecule has 0 aromatic rings. The highest BCUT2D eigenvalue weighted by Gasteiger charge is 2.42. The molecule has 0 saturated heterocycles. The lowest BCUT2D eigenvalue weighted by molar-refractivity contribution is -0.0881. The number of hydrogen-bond acceptors (Lipinski definition) is 1. The Morgan fingerprint density at radius 1 is 1.07 bits per heavy atom. The molecule has 0 aliphatic heterocycles. The van der Waals surface area contributed by atoms with E-state index in [9.17, 15) is 5.11 Å². The molecule has 0 aromatic heterocycles. The molecule has 1 nitrogen and oxygen atoms in total. The Morgan fingerprint density at radius 3 is 2.00 bits per heavy atom. The van der Waals surface area contributed by atoms with Crippen molar-refractivity contribution in [1.82, 2.24) is 0 Å². The standard InChI is InChI=1S/C13H24O/c1-10(2)11-6-8-13(14,9-7-11)12-4-3-5-12/h10-12,14H,3-9H2,1-2H3. The first-order valence-electron chi connectivity index (χ1n) is 6.34. The van der Waals surface area contributed by atoms with Gasteiger partial charge in [-0.05, 0) is 56.3 Å². The van der Waals surface area contributed by atoms with Crippen molar-refractivity contribution in [2.45, 2.75) is 64.4 Å². The molecule has 0 unspecified atom stereocenters. The third-order valence-corrected chi connectivity index (χ3v) is 4.70. The van der Waals surface area contributed by atoms with Gasteiger partial charge in [0.15, 0.2) is 0 Å². The molecular weight excluding hydrogens is 172 g/mol. The van der Waals surface area contributed by atoms with Crippen LogP contribution in [0.5, 0.6) is 0 Å². The van der Waals surface area contributed by atoms with E-state index < -0.39 is 0 Å². The predicted octanol–water partition coefficient (Wildman–Crippen LogP) is 3.36. The van der Waals surface area contributed by atoms with Gasteiger partial charge < -0.3 is 5.11 Å². The van der Waals surface area contributed by atoms with E-state index in [0.717, 1.165) is 24.7 Å². The van der Waals surface area contributed by atoms with Crippen molar-refractivity contribution in [3.63, 3.8) is 0 Å². The third kappa shape index (κ3) is 1.84. The summed E-state index contributed by atoms with van der Waals surface area (Å²) < 4.78 is 0. The van der Waals surface area contributed by atoms with Gasteiger partial charge in [-0.1, -0.05) is 20.3 Å². The first-order valence-corrected chi connectivity index (χ1v) is 6.34. The maximum atomic E-state index is 10.5. The lowest BCUT2D eigenvalue weighted by atomic mass is 9.64. The van der Waals surface area contributed by atoms with Crippen LogP contribution >= 0.6 is 0 Å². The van der Waals surface area contributed by atoms with E-state index in [-0.39, 0.29) is 5.60 Å². The van der Waals surface area contributed by atoms with E-state index in [4.69, 9.17) is 0 Å². The van der Waals surface area contributed by atoms with Crippen molar-refractivity contribution in [2.75, 3.05) is 0 Å². The van der Waals surface area contributed by atoms with Crippen molar-refractivity contribution in [3.8, 4) is 0 Å². The molecule has 2 saturated carbocycles. The van der Waals surface area contributed by atoms with E-state index in [1.807, 2.05) is 0 Å². The second-order valence-electron chi connectivity index (χ2n) is 5.81. The molecule has 2 rings (SSSR count). The largest absolute Gasteiger partial charge is 0.390 e. The summed E-state index contributed by atoms with van der Waals surface area (Å²) in [7, 11) is 0. The lowest BCUT2D eigenvalue weighted by Crippen LogP contribution is -2.45. The van der Waals surface area contributed by atoms with E-state index in [1.165, 1.54) is 32.1 Å². The van der Waals surface area contributed by atoms with E-state index in [2.05, 4.69) is 13.8 Å². The quantitative estimate of drug-likeness (QED) is 0.718. The normalized spacial score (nSPS) is 39.9. The molecule has 1 N–H and O–H groups in total. The first kappa shape index (κ1) is 10.5. The summed E-state index contributed by atoms with van der Waals surface area (Å²) in [5.41, 5.74) is -0.260. The molecule has 1 heteroatoms. The van der Waals surface area contributed by atoms with Crippen molar-refractivity contribution >= 4 is 0 Å². The van der Waals surface area contributed by atoms with Crippen LogP contribution in [0.15, 0.2) is 0 Å². The average Bonchev–Trinajstić information content (AvgIpc) is 2.00. The van der Waals surface area contributed by atoms with Crippen molar-refractivity contribution in [2.24, 2.45) is 17.8 Å². The van der Waals surface area contributed by atoms with Crippen LogP contribution in [0.25, 0.3) is 0 Å². The fraction of sp³-hybridized carbons (Fsp3) is 1.00. The summed E-state index contributed by atoms with van der Waals surface area (Å²) in [4.78, 5) is 0. The van der Waals surface area contributed by atoms with Crippen molar-refractivity contribution in [3.05, 3.63) is 0 Å². The van der Waals surface area contributed by atoms with E-state index in [0.29, 0.717) is 5.92 Å². The molecule has 14 heavy (non-hydrogen) atoms. The maximum Gasteiger partial charge on any atom is 0.0676 e.